The van der Waals surface area contributed by atoms with Crippen molar-refractivity contribution in [2.45, 2.75) is 6.54 Å². The zero-order valence-electron chi connectivity index (χ0n) is 7.56. The van der Waals surface area contributed by atoms with E-state index in [2.05, 4.69) is 0 Å². The number of hydrogen-bond donors (Lipinski definition) is 2. The van der Waals surface area contributed by atoms with Gasteiger partial charge in [0.25, 0.3) is 5.69 Å². The monoisotopic (exact) mass is 198 g/mol. The number of rotatable bonds is 4. The van der Waals surface area contributed by atoms with Gasteiger partial charge in [0, 0.05) is 18.2 Å². The molecule has 1 rings (SSSR count). The van der Waals surface area contributed by atoms with Gasteiger partial charge in [-0.05, 0) is 6.07 Å². The van der Waals surface area contributed by atoms with Crippen molar-refractivity contribution in [1.82, 2.24) is 5.48 Å². The third-order valence-corrected chi connectivity index (χ3v) is 1.75. The molecule has 0 heterocycles. The van der Waals surface area contributed by atoms with Crippen LogP contribution in [-0.4, -0.2) is 17.2 Å². The number of nitrogens with zero attached hydrogens (tertiary/aromatic N) is 1. The van der Waals surface area contributed by atoms with E-state index in [0.29, 0.717) is 11.3 Å². The van der Waals surface area contributed by atoms with Gasteiger partial charge in [-0.25, -0.2) is 5.48 Å². The fourth-order valence-electron chi connectivity index (χ4n) is 1.08. The molecular weight excluding hydrogens is 188 g/mol. The number of ether oxygens (including phenoxy) is 1. The molecule has 0 atom stereocenters. The Morgan fingerprint density at radius 3 is 2.86 bits per heavy atom. The first-order valence-electron chi connectivity index (χ1n) is 3.87. The van der Waals surface area contributed by atoms with E-state index in [1.54, 1.807) is 0 Å². The van der Waals surface area contributed by atoms with Gasteiger partial charge in [0.1, 0.15) is 5.75 Å². The minimum atomic E-state index is -0.501. The molecule has 6 heteroatoms. The first-order valence-corrected chi connectivity index (χ1v) is 3.87. The lowest BCUT2D eigenvalue weighted by molar-refractivity contribution is -0.384. The standard InChI is InChI=1S/C8H10N2O4/c1-14-8-4-7(10(12)13)3-2-6(8)5-9-11/h2-4,9,11H,5H2,1H3. The van der Waals surface area contributed by atoms with Crippen molar-refractivity contribution in [2.75, 3.05) is 7.11 Å². The Hall–Kier alpha value is -1.66. The van der Waals surface area contributed by atoms with Crippen LogP contribution in [0.4, 0.5) is 5.69 Å². The molecule has 0 bridgehead atoms. The molecule has 0 saturated carbocycles. The van der Waals surface area contributed by atoms with Gasteiger partial charge in [-0.1, -0.05) is 0 Å². The Labute approximate surface area is 80.2 Å². The quantitative estimate of drug-likeness (QED) is 0.558. The predicted molar refractivity (Wildman–Crippen MR) is 48.3 cm³/mol. The van der Waals surface area contributed by atoms with Gasteiger partial charge >= 0.3 is 0 Å². The van der Waals surface area contributed by atoms with E-state index in [0.717, 1.165) is 0 Å². The summed E-state index contributed by atoms with van der Waals surface area (Å²) in [6, 6.07) is 4.20. The van der Waals surface area contributed by atoms with Crippen LogP contribution in [0.2, 0.25) is 0 Å². The van der Waals surface area contributed by atoms with Crippen LogP contribution in [0.25, 0.3) is 0 Å². The summed E-state index contributed by atoms with van der Waals surface area (Å²) in [5, 5.41) is 18.9. The Balaban J connectivity index is 3.04. The molecule has 1 aromatic rings. The van der Waals surface area contributed by atoms with Gasteiger partial charge < -0.3 is 9.94 Å². The Bertz CT molecular complexity index is 340. The second kappa shape index (κ2) is 4.54. The minimum Gasteiger partial charge on any atom is -0.496 e. The lowest BCUT2D eigenvalue weighted by Gasteiger charge is -2.06. The van der Waals surface area contributed by atoms with Gasteiger partial charge in [0.05, 0.1) is 18.1 Å². The number of benzene rings is 1. The van der Waals surface area contributed by atoms with Gasteiger partial charge in [0.15, 0.2) is 0 Å². The molecule has 0 aliphatic heterocycles. The molecule has 0 unspecified atom stereocenters. The molecule has 0 radical (unpaired) electrons. The number of nitro groups is 1. The maximum atomic E-state index is 10.4. The van der Waals surface area contributed by atoms with Crippen LogP contribution in [0.1, 0.15) is 5.56 Å². The molecule has 6 nitrogen and oxygen atoms in total. The van der Waals surface area contributed by atoms with Gasteiger partial charge in [-0.15, -0.1) is 0 Å². The first-order chi connectivity index (χ1) is 6.69. The molecule has 0 saturated heterocycles. The molecular formula is C8H10N2O4. The summed E-state index contributed by atoms with van der Waals surface area (Å²) in [4.78, 5) is 9.92. The summed E-state index contributed by atoms with van der Waals surface area (Å²) < 4.78 is 4.93. The molecule has 76 valence electrons. The number of nitro benzene ring substituents is 1. The second-order valence-electron chi connectivity index (χ2n) is 2.59. The molecule has 0 aliphatic carbocycles. The topological polar surface area (TPSA) is 84.6 Å². The number of hydrogen-bond acceptors (Lipinski definition) is 5. The summed E-state index contributed by atoms with van der Waals surface area (Å²) in [6.45, 7) is 0.182. The largest absolute Gasteiger partial charge is 0.496 e. The van der Waals surface area contributed by atoms with Crippen LogP contribution in [-0.2, 0) is 6.54 Å². The maximum absolute atomic E-state index is 10.4. The molecule has 0 amide bonds. The Kier molecular flexibility index (Phi) is 3.38. The van der Waals surface area contributed by atoms with Crippen LogP contribution in [0, 0.1) is 10.1 Å². The van der Waals surface area contributed by atoms with E-state index in [1.165, 1.54) is 25.3 Å². The van der Waals surface area contributed by atoms with E-state index in [1.807, 2.05) is 5.48 Å². The summed E-state index contributed by atoms with van der Waals surface area (Å²) in [5.41, 5.74) is 2.57. The summed E-state index contributed by atoms with van der Waals surface area (Å²) in [7, 11) is 1.42. The lowest BCUT2D eigenvalue weighted by atomic mass is 10.2. The van der Waals surface area contributed by atoms with Gasteiger partial charge in [-0.2, -0.15) is 0 Å². The molecule has 14 heavy (non-hydrogen) atoms. The highest BCUT2D eigenvalue weighted by molar-refractivity contribution is 5.44. The van der Waals surface area contributed by atoms with Crippen molar-refractivity contribution in [3.63, 3.8) is 0 Å². The summed E-state index contributed by atoms with van der Waals surface area (Å²) in [6.07, 6.45) is 0. The molecule has 1 aromatic carbocycles. The number of methoxy groups -OCH3 is 1. The van der Waals surface area contributed by atoms with Gasteiger partial charge in [0.2, 0.25) is 0 Å². The van der Waals surface area contributed by atoms with Crippen molar-refractivity contribution in [1.29, 1.82) is 0 Å². The van der Waals surface area contributed by atoms with Crippen molar-refractivity contribution in [3.05, 3.63) is 33.9 Å². The van der Waals surface area contributed by atoms with E-state index in [4.69, 9.17) is 9.94 Å². The van der Waals surface area contributed by atoms with Crippen LogP contribution in [0.15, 0.2) is 18.2 Å². The Morgan fingerprint density at radius 2 is 2.36 bits per heavy atom. The summed E-state index contributed by atoms with van der Waals surface area (Å²) in [5.74, 6) is 0.376. The van der Waals surface area contributed by atoms with Gasteiger partial charge in [-0.3, -0.25) is 10.1 Å². The predicted octanol–water partition coefficient (Wildman–Crippen LogP) is 1.08. The summed E-state index contributed by atoms with van der Waals surface area (Å²) >= 11 is 0. The fourth-order valence-corrected chi connectivity index (χ4v) is 1.08. The van der Waals surface area contributed by atoms with Crippen molar-refractivity contribution in [2.24, 2.45) is 0 Å². The lowest BCUT2D eigenvalue weighted by Crippen LogP contribution is -2.07. The molecule has 2 N–H and O–H groups in total. The Morgan fingerprint density at radius 1 is 1.64 bits per heavy atom. The highest BCUT2D eigenvalue weighted by atomic mass is 16.6. The molecule has 0 aliphatic rings. The van der Waals surface area contributed by atoms with Crippen LogP contribution in [0.5, 0.6) is 5.75 Å². The average Bonchev–Trinajstić information content (AvgIpc) is 2.18. The number of nitrogens with one attached hydrogen (secondary N) is 1. The zero-order chi connectivity index (χ0) is 10.6. The van der Waals surface area contributed by atoms with E-state index in [9.17, 15) is 10.1 Å². The van der Waals surface area contributed by atoms with Crippen molar-refractivity contribution >= 4 is 5.69 Å². The van der Waals surface area contributed by atoms with Crippen molar-refractivity contribution in [3.8, 4) is 5.75 Å². The van der Waals surface area contributed by atoms with Crippen molar-refractivity contribution < 1.29 is 14.9 Å². The minimum absolute atomic E-state index is 0.0384. The average molecular weight is 198 g/mol. The maximum Gasteiger partial charge on any atom is 0.273 e. The fraction of sp³-hybridized carbons (Fsp3) is 0.250. The molecule has 0 spiro atoms. The zero-order valence-corrected chi connectivity index (χ0v) is 7.56. The van der Waals surface area contributed by atoms with Crippen LogP contribution < -0.4 is 10.2 Å². The third-order valence-electron chi connectivity index (χ3n) is 1.75. The van der Waals surface area contributed by atoms with E-state index < -0.39 is 4.92 Å². The second-order valence-corrected chi connectivity index (χ2v) is 2.59. The van der Waals surface area contributed by atoms with Crippen LogP contribution in [0.3, 0.4) is 0 Å². The highest BCUT2D eigenvalue weighted by Gasteiger charge is 2.10. The number of hydroxylamine groups is 1. The van der Waals surface area contributed by atoms with E-state index in [-0.39, 0.29) is 12.2 Å². The molecule has 0 aromatic heterocycles. The smallest absolute Gasteiger partial charge is 0.273 e. The number of non-ortho nitro benzene ring substituents is 1. The first kappa shape index (κ1) is 10.4. The van der Waals surface area contributed by atoms with E-state index >= 15 is 0 Å². The SMILES string of the molecule is COc1cc([N+](=O)[O-])ccc1CNO. The normalized spacial score (nSPS) is 9.86. The van der Waals surface area contributed by atoms with Crippen LogP contribution >= 0.6 is 0 Å². The highest BCUT2D eigenvalue weighted by Crippen LogP contribution is 2.24. The third kappa shape index (κ3) is 2.18. The molecule has 0 fully saturated rings.